The van der Waals surface area contributed by atoms with Crippen LogP contribution in [0.25, 0.3) is 11.0 Å². The summed E-state index contributed by atoms with van der Waals surface area (Å²) >= 11 is 3.37. The van der Waals surface area contributed by atoms with E-state index in [2.05, 4.69) is 41.2 Å². The van der Waals surface area contributed by atoms with E-state index in [0.29, 0.717) is 26.6 Å². The van der Waals surface area contributed by atoms with Gasteiger partial charge >= 0.3 is 0 Å². The molecular formula is C26H20BrF2N5O3S. The van der Waals surface area contributed by atoms with Crippen LogP contribution in [0.15, 0.2) is 82.6 Å². The van der Waals surface area contributed by atoms with Crippen LogP contribution in [0.2, 0.25) is 0 Å². The topological polar surface area (TPSA) is 110 Å². The van der Waals surface area contributed by atoms with Gasteiger partial charge in [0.05, 0.1) is 18.2 Å². The Hall–Kier alpha value is -3.90. The number of hydrogen-bond acceptors (Lipinski definition) is 7. The summed E-state index contributed by atoms with van der Waals surface area (Å²) in [7, 11) is -2.71. The molecule has 4 aromatic heterocycles. The fourth-order valence-corrected chi connectivity index (χ4v) is 6.35. The number of aromatic nitrogens is 4. The minimum Gasteiger partial charge on any atom is -0.481 e. The molecule has 1 aromatic carbocycles. The Morgan fingerprint density at radius 2 is 1.84 bits per heavy atom. The molecule has 0 saturated carbocycles. The highest BCUT2D eigenvalue weighted by Crippen LogP contribution is 2.39. The SMILES string of the molecule is COc1ncc(F)cc1CNc1ccc(C(c2c[nH]c3ncc(Br)cc23)S(=O)(=O)c2ccccc2)c(F)n1. The minimum atomic E-state index is -4.12. The van der Waals surface area contributed by atoms with Gasteiger partial charge in [0.1, 0.15) is 22.5 Å². The molecule has 8 nitrogen and oxygen atoms in total. The molecule has 4 heterocycles. The van der Waals surface area contributed by atoms with Crippen molar-refractivity contribution in [2.45, 2.75) is 16.7 Å². The normalized spacial score (nSPS) is 12.4. The van der Waals surface area contributed by atoms with Gasteiger partial charge in [0.15, 0.2) is 9.84 Å². The van der Waals surface area contributed by atoms with Gasteiger partial charge in [0, 0.05) is 45.5 Å². The standard InChI is InChI=1S/C26H20BrF2N5O3S/c1-37-26-15(9-17(28)13-33-26)11-30-22-8-7-19(24(29)34-22)23(38(35,36)18-5-3-2-4-6-18)21-14-32-25-20(21)10-16(27)12-31-25/h2-10,12-14,23H,11H2,1H3,(H,30,34)(H,31,32). The van der Waals surface area contributed by atoms with Gasteiger partial charge in [-0.1, -0.05) is 18.2 Å². The average Bonchev–Trinajstić information content (AvgIpc) is 3.31. The molecule has 2 N–H and O–H groups in total. The molecule has 0 amide bonds. The van der Waals surface area contributed by atoms with Crippen LogP contribution in [0.1, 0.15) is 21.9 Å². The molecule has 0 aliphatic carbocycles. The number of rotatable bonds is 8. The number of H-pyrrole nitrogens is 1. The third-order valence-electron chi connectivity index (χ3n) is 5.90. The summed E-state index contributed by atoms with van der Waals surface area (Å²) in [5.41, 5.74) is 1.06. The number of nitrogens with one attached hydrogen (secondary N) is 2. The number of ether oxygens (including phenoxy) is 1. The molecule has 0 bridgehead atoms. The van der Waals surface area contributed by atoms with E-state index in [4.69, 9.17) is 4.74 Å². The summed E-state index contributed by atoms with van der Waals surface area (Å²) in [6.07, 6.45) is 4.13. The first-order valence-electron chi connectivity index (χ1n) is 11.3. The van der Waals surface area contributed by atoms with Gasteiger partial charge in [-0.3, -0.25) is 0 Å². The lowest BCUT2D eigenvalue weighted by Crippen LogP contribution is -2.17. The van der Waals surface area contributed by atoms with Crippen LogP contribution in [0.5, 0.6) is 5.88 Å². The second kappa shape index (κ2) is 10.5. The van der Waals surface area contributed by atoms with Crippen molar-refractivity contribution in [3.63, 3.8) is 0 Å². The zero-order valence-electron chi connectivity index (χ0n) is 19.8. The largest absolute Gasteiger partial charge is 0.481 e. The first kappa shape index (κ1) is 25.7. The molecular weight excluding hydrogens is 580 g/mol. The number of anilines is 1. The lowest BCUT2D eigenvalue weighted by molar-refractivity contribution is 0.391. The van der Waals surface area contributed by atoms with E-state index in [9.17, 15) is 12.8 Å². The summed E-state index contributed by atoms with van der Waals surface area (Å²) < 4.78 is 62.8. The highest BCUT2D eigenvalue weighted by atomic mass is 79.9. The molecule has 38 heavy (non-hydrogen) atoms. The fraction of sp³-hybridized carbons (Fsp3) is 0.115. The van der Waals surface area contributed by atoms with Crippen molar-refractivity contribution in [3.05, 3.63) is 106 Å². The van der Waals surface area contributed by atoms with Crippen LogP contribution >= 0.6 is 15.9 Å². The van der Waals surface area contributed by atoms with Crippen molar-refractivity contribution in [1.29, 1.82) is 0 Å². The maximum Gasteiger partial charge on any atom is 0.219 e. The Bertz CT molecular complexity index is 1730. The molecule has 194 valence electrons. The molecule has 1 atom stereocenters. The first-order valence-corrected chi connectivity index (χ1v) is 13.6. The number of aromatic amines is 1. The van der Waals surface area contributed by atoms with E-state index >= 15 is 4.39 Å². The number of sulfone groups is 1. The van der Waals surface area contributed by atoms with Crippen LogP contribution in [0.4, 0.5) is 14.6 Å². The van der Waals surface area contributed by atoms with E-state index in [-0.39, 0.29) is 28.7 Å². The van der Waals surface area contributed by atoms with E-state index in [1.165, 1.54) is 43.6 Å². The predicted octanol–water partition coefficient (Wildman–Crippen LogP) is 5.58. The molecule has 0 radical (unpaired) electrons. The van der Waals surface area contributed by atoms with Crippen molar-refractivity contribution in [2.24, 2.45) is 0 Å². The molecule has 12 heteroatoms. The van der Waals surface area contributed by atoms with Crippen LogP contribution in [-0.2, 0) is 16.4 Å². The van der Waals surface area contributed by atoms with Gasteiger partial charge in [-0.15, -0.1) is 0 Å². The zero-order chi connectivity index (χ0) is 26.9. The maximum atomic E-state index is 15.6. The van der Waals surface area contributed by atoms with Crippen molar-refractivity contribution in [2.75, 3.05) is 12.4 Å². The van der Waals surface area contributed by atoms with Gasteiger partial charge < -0.3 is 15.0 Å². The van der Waals surface area contributed by atoms with Gasteiger partial charge in [-0.2, -0.15) is 4.39 Å². The zero-order valence-corrected chi connectivity index (χ0v) is 22.2. The van der Waals surface area contributed by atoms with Crippen molar-refractivity contribution in [1.82, 2.24) is 19.9 Å². The number of benzene rings is 1. The second-order valence-corrected chi connectivity index (χ2v) is 11.2. The Morgan fingerprint density at radius 1 is 1.05 bits per heavy atom. The van der Waals surface area contributed by atoms with Crippen molar-refractivity contribution < 1.29 is 21.9 Å². The van der Waals surface area contributed by atoms with Crippen molar-refractivity contribution in [3.8, 4) is 5.88 Å². The lowest BCUT2D eigenvalue weighted by atomic mass is 10.1. The van der Waals surface area contributed by atoms with Crippen molar-refractivity contribution >= 4 is 42.6 Å². The van der Waals surface area contributed by atoms with E-state index < -0.39 is 26.9 Å². The maximum absolute atomic E-state index is 15.6. The molecule has 0 aliphatic rings. The number of fused-ring (bicyclic) bond motifs is 1. The Labute approximate surface area is 225 Å². The van der Waals surface area contributed by atoms with Crippen LogP contribution in [0.3, 0.4) is 0 Å². The summed E-state index contributed by atoms with van der Waals surface area (Å²) in [5.74, 6) is -1.19. The molecule has 1 unspecified atom stereocenters. The quantitative estimate of drug-likeness (QED) is 0.224. The van der Waals surface area contributed by atoms with E-state index in [0.717, 1.165) is 6.20 Å². The van der Waals surface area contributed by atoms with Gasteiger partial charge in [0.2, 0.25) is 11.8 Å². The Balaban J connectivity index is 1.57. The smallest absolute Gasteiger partial charge is 0.219 e. The average molecular weight is 600 g/mol. The van der Waals surface area contributed by atoms with E-state index in [1.54, 1.807) is 30.5 Å². The summed E-state index contributed by atoms with van der Waals surface area (Å²) in [5, 5.41) is 2.01. The number of nitrogens with zero attached hydrogens (tertiary/aromatic N) is 3. The predicted molar refractivity (Wildman–Crippen MR) is 142 cm³/mol. The number of pyridine rings is 3. The third-order valence-corrected chi connectivity index (χ3v) is 8.39. The van der Waals surface area contributed by atoms with Crippen LogP contribution < -0.4 is 10.1 Å². The Kier molecular flexibility index (Phi) is 7.09. The number of methoxy groups -OCH3 is 1. The molecule has 0 spiro atoms. The number of halogens is 3. The van der Waals surface area contributed by atoms with Gasteiger partial charge in [0.25, 0.3) is 0 Å². The molecule has 5 aromatic rings. The van der Waals surface area contributed by atoms with Crippen LogP contribution in [-0.4, -0.2) is 35.5 Å². The van der Waals surface area contributed by atoms with Crippen LogP contribution in [0, 0.1) is 11.8 Å². The van der Waals surface area contributed by atoms with Gasteiger partial charge in [-0.25, -0.2) is 27.8 Å². The summed E-state index contributed by atoms with van der Waals surface area (Å²) in [6.45, 7) is 0.0492. The van der Waals surface area contributed by atoms with Gasteiger partial charge in [-0.05, 0) is 52.3 Å². The fourth-order valence-electron chi connectivity index (χ4n) is 4.17. The molecule has 0 fully saturated rings. The Morgan fingerprint density at radius 3 is 2.58 bits per heavy atom. The molecule has 0 aliphatic heterocycles. The third kappa shape index (κ3) is 4.96. The summed E-state index contributed by atoms with van der Waals surface area (Å²) in [6, 6.07) is 13.7. The monoisotopic (exact) mass is 599 g/mol. The highest BCUT2D eigenvalue weighted by Gasteiger charge is 2.35. The van der Waals surface area contributed by atoms with E-state index in [1.807, 2.05) is 0 Å². The number of hydrogen-bond donors (Lipinski definition) is 2. The lowest BCUT2D eigenvalue weighted by Gasteiger charge is -2.19. The highest BCUT2D eigenvalue weighted by molar-refractivity contribution is 9.10. The molecule has 0 saturated heterocycles. The minimum absolute atomic E-state index is 0.0367. The molecule has 5 rings (SSSR count). The second-order valence-electron chi connectivity index (χ2n) is 8.28. The summed E-state index contributed by atoms with van der Waals surface area (Å²) in [4.78, 5) is 15.1. The first-order chi connectivity index (χ1) is 18.3.